The average molecular weight is 796 g/mol. The number of nitrogens with one attached hydrogen (secondary N) is 1. The molecular formula is C53H97NO3. The Kier molecular flexibility index (Phi) is 46.8. The van der Waals surface area contributed by atoms with Crippen molar-refractivity contribution >= 4 is 5.91 Å². The fourth-order valence-electron chi connectivity index (χ4n) is 7.38. The molecule has 57 heavy (non-hydrogen) atoms. The zero-order chi connectivity index (χ0) is 41.4. The van der Waals surface area contributed by atoms with E-state index in [9.17, 15) is 15.0 Å². The lowest BCUT2D eigenvalue weighted by Gasteiger charge is -2.19. The minimum Gasteiger partial charge on any atom is -0.394 e. The van der Waals surface area contributed by atoms with E-state index < -0.39 is 12.1 Å². The Balaban J connectivity index is 3.48. The van der Waals surface area contributed by atoms with Crippen LogP contribution in [0.4, 0.5) is 0 Å². The summed E-state index contributed by atoms with van der Waals surface area (Å²) in [6, 6.07) is -0.638. The Bertz CT molecular complexity index is 950. The molecule has 4 heteroatoms. The second-order valence-corrected chi connectivity index (χ2v) is 16.9. The standard InChI is InChI=1S/C53H97NO3/c1-3-5-7-9-11-13-15-17-18-19-20-21-22-23-24-25-26-27-28-29-30-31-32-33-34-35-36-37-39-41-43-45-47-49-53(57)54-51(50-55)52(56)48-46-44-42-40-38-16-14-12-10-8-6-4-2/h15,17,19-20,22-23,38,40,46,48,51-52,55-56H,3-14,16,18,21,24-37,39,41-45,47,49-50H2,1-2H3,(H,54,57)/b17-15-,20-19-,23-22-,40-38+,48-46+. The van der Waals surface area contributed by atoms with Gasteiger partial charge in [-0.25, -0.2) is 0 Å². The number of unbranched alkanes of at least 4 members (excludes halogenated alkanes) is 30. The lowest BCUT2D eigenvalue weighted by molar-refractivity contribution is -0.123. The van der Waals surface area contributed by atoms with Crippen LogP contribution < -0.4 is 5.32 Å². The van der Waals surface area contributed by atoms with Gasteiger partial charge in [0.15, 0.2) is 0 Å². The van der Waals surface area contributed by atoms with Crippen LogP contribution in [-0.2, 0) is 4.79 Å². The van der Waals surface area contributed by atoms with Gasteiger partial charge in [0, 0.05) is 6.42 Å². The summed E-state index contributed by atoms with van der Waals surface area (Å²) in [7, 11) is 0. The second kappa shape index (κ2) is 48.5. The lowest BCUT2D eigenvalue weighted by atomic mass is 10.0. The highest BCUT2D eigenvalue weighted by molar-refractivity contribution is 5.76. The van der Waals surface area contributed by atoms with Crippen molar-refractivity contribution in [1.29, 1.82) is 0 Å². The minimum atomic E-state index is -0.861. The molecule has 0 aromatic rings. The largest absolute Gasteiger partial charge is 0.394 e. The van der Waals surface area contributed by atoms with E-state index in [1.807, 2.05) is 6.08 Å². The van der Waals surface area contributed by atoms with Gasteiger partial charge in [0.1, 0.15) is 0 Å². The number of carbonyl (C=O) groups is 1. The number of amides is 1. The third kappa shape index (κ3) is 45.0. The van der Waals surface area contributed by atoms with Crippen molar-refractivity contribution < 1.29 is 15.0 Å². The fraction of sp³-hybridized carbons (Fsp3) is 0.792. The van der Waals surface area contributed by atoms with E-state index in [1.54, 1.807) is 6.08 Å². The molecule has 0 saturated carbocycles. The van der Waals surface area contributed by atoms with Crippen molar-refractivity contribution in [1.82, 2.24) is 5.32 Å². The van der Waals surface area contributed by atoms with Crippen LogP contribution in [0.3, 0.4) is 0 Å². The SMILES string of the molecule is CCCCCCC/C=C\C/C=C\C/C=C\CCCCCCCCCCCCCCCCCCCCC(=O)NC(CO)C(O)/C=C/CC/C=C/CCCCCCCC. The number of carbonyl (C=O) groups excluding carboxylic acids is 1. The monoisotopic (exact) mass is 796 g/mol. The third-order valence-corrected chi connectivity index (χ3v) is 11.2. The molecule has 0 bridgehead atoms. The Morgan fingerprint density at radius 2 is 0.737 bits per heavy atom. The van der Waals surface area contributed by atoms with Gasteiger partial charge < -0.3 is 15.5 Å². The van der Waals surface area contributed by atoms with E-state index >= 15 is 0 Å². The zero-order valence-corrected chi connectivity index (χ0v) is 38.1. The molecule has 0 radical (unpaired) electrons. The smallest absolute Gasteiger partial charge is 0.220 e. The number of aliphatic hydroxyl groups excluding tert-OH is 2. The number of hydrogen-bond donors (Lipinski definition) is 3. The summed E-state index contributed by atoms with van der Waals surface area (Å²) >= 11 is 0. The van der Waals surface area contributed by atoms with Gasteiger partial charge in [-0.05, 0) is 70.6 Å². The van der Waals surface area contributed by atoms with Crippen molar-refractivity contribution in [3.8, 4) is 0 Å². The van der Waals surface area contributed by atoms with Gasteiger partial charge in [0.2, 0.25) is 5.91 Å². The van der Waals surface area contributed by atoms with Crippen molar-refractivity contribution in [2.45, 2.75) is 264 Å². The molecule has 4 nitrogen and oxygen atoms in total. The van der Waals surface area contributed by atoms with E-state index in [1.165, 1.54) is 186 Å². The summed E-state index contributed by atoms with van der Waals surface area (Å²) in [4.78, 5) is 12.4. The van der Waals surface area contributed by atoms with Crippen LogP contribution >= 0.6 is 0 Å². The molecule has 0 saturated heterocycles. The van der Waals surface area contributed by atoms with Gasteiger partial charge in [-0.1, -0.05) is 235 Å². The molecule has 0 spiro atoms. The summed E-state index contributed by atoms with van der Waals surface area (Å²) in [6.07, 6.45) is 67.9. The van der Waals surface area contributed by atoms with Crippen LogP contribution in [0.5, 0.6) is 0 Å². The predicted molar refractivity (Wildman–Crippen MR) is 253 cm³/mol. The van der Waals surface area contributed by atoms with Gasteiger partial charge in [-0.15, -0.1) is 0 Å². The molecule has 0 aromatic heterocycles. The predicted octanol–water partition coefficient (Wildman–Crippen LogP) is 16.1. The number of rotatable bonds is 45. The normalized spacial score (nSPS) is 13.4. The van der Waals surface area contributed by atoms with Crippen LogP contribution in [0.25, 0.3) is 0 Å². The topological polar surface area (TPSA) is 69.6 Å². The molecule has 0 aliphatic rings. The first-order valence-electron chi connectivity index (χ1n) is 25.0. The molecule has 3 N–H and O–H groups in total. The average Bonchev–Trinajstić information content (AvgIpc) is 3.22. The molecule has 0 fully saturated rings. The second-order valence-electron chi connectivity index (χ2n) is 16.9. The van der Waals surface area contributed by atoms with Crippen LogP contribution in [0.2, 0.25) is 0 Å². The maximum atomic E-state index is 12.4. The van der Waals surface area contributed by atoms with Crippen LogP contribution in [0.15, 0.2) is 60.8 Å². The van der Waals surface area contributed by atoms with Crippen LogP contribution in [-0.4, -0.2) is 34.9 Å². The highest BCUT2D eigenvalue weighted by Crippen LogP contribution is 2.15. The Morgan fingerprint density at radius 1 is 0.421 bits per heavy atom. The first-order valence-corrected chi connectivity index (χ1v) is 25.0. The minimum absolute atomic E-state index is 0.0743. The highest BCUT2D eigenvalue weighted by Gasteiger charge is 2.17. The van der Waals surface area contributed by atoms with Crippen molar-refractivity contribution in [3.63, 3.8) is 0 Å². The first kappa shape index (κ1) is 55.1. The van der Waals surface area contributed by atoms with Crippen molar-refractivity contribution in [2.75, 3.05) is 6.61 Å². The van der Waals surface area contributed by atoms with E-state index in [2.05, 4.69) is 67.8 Å². The Hall–Kier alpha value is -1.91. The molecule has 2 atom stereocenters. The Morgan fingerprint density at radius 3 is 1.14 bits per heavy atom. The van der Waals surface area contributed by atoms with E-state index in [0.717, 1.165) is 44.9 Å². The number of allylic oxidation sites excluding steroid dienone is 9. The molecule has 0 heterocycles. The van der Waals surface area contributed by atoms with Gasteiger partial charge in [-0.2, -0.15) is 0 Å². The summed E-state index contributed by atoms with van der Waals surface area (Å²) in [6.45, 7) is 4.27. The summed E-state index contributed by atoms with van der Waals surface area (Å²) < 4.78 is 0. The summed E-state index contributed by atoms with van der Waals surface area (Å²) in [5.41, 5.74) is 0. The third-order valence-electron chi connectivity index (χ3n) is 11.2. The quantitative estimate of drug-likeness (QED) is 0.0425. The lowest BCUT2D eigenvalue weighted by Crippen LogP contribution is -2.45. The molecule has 1 amide bonds. The van der Waals surface area contributed by atoms with Gasteiger partial charge in [0.05, 0.1) is 18.8 Å². The number of aliphatic hydroxyl groups is 2. The van der Waals surface area contributed by atoms with Gasteiger partial charge in [-0.3, -0.25) is 4.79 Å². The zero-order valence-electron chi connectivity index (χ0n) is 38.1. The van der Waals surface area contributed by atoms with Crippen molar-refractivity contribution in [3.05, 3.63) is 60.8 Å². The van der Waals surface area contributed by atoms with E-state index in [-0.39, 0.29) is 12.5 Å². The van der Waals surface area contributed by atoms with Crippen LogP contribution in [0.1, 0.15) is 251 Å². The molecule has 0 rings (SSSR count). The van der Waals surface area contributed by atoms with Crippen molar-refractivity contribution in [2.24, 2.45) is 0 Å². The fourth-order valence-corrected chi connectivity index (χ4v) is 7.38. The number of hydrogen-bond acceptors (Lipinski definition) is 3. The van der Waals surface area contributed by atoms with Crippen LogP contribution in [0, 0.1) is 0 Å². The van der Waals surface area contributed by atoms with E-state index in [4.69, 9.17) is 0 Å². The molecule has 2 unspecified atom stereocenters. The molecule has 0 aromatic carbocycles. The molecule has 0 aliphatic heterocycles. The van der Waals surface area contributed by atoms with Gasteiger partial charge >= 0.3 is 0 Å². The molecule has 0 aliphatic carbocycles. The Labute approximate surface area is 356 Å². The summed E-state index contributed by atoms with van der Waals surface area (Å²) in [5.74, 6) is -0.0743. The van der Waals surface area contributed by atoms with E-state index in [0.29, 0.717) is 6.42 Å². The van der Waals surface area contributed by atoms with Gasteiger partial charge in [0.25, 0.3) is 0 Å². The maximum Gasteiger partial charge on any atom is 0.220 e. The first-order chi connectivity index (χ1) is 28.2. The highest BCUT2D eigenvalue weighted by atomic mass is 16.3. The maximum absolute atomic E-state index is 12.4. The summed E-state index contributed by atoms with van der Waals surface area (Å²) in [5, 5.41) is 23.0. The molecule has 332 valence electrons. The molecular weight excluding hydrogens is 699 g/mol.